The molecule has 8 heteroatoms. The van der Waals surface area contributed by atoms with Crippen LogP contribution in [0.1, 0.15) is 12.8 Å². The zero-order valence-electron chi connectivity index (χ0n) is 7.16. The van der Waals surface area contributed by atoms with Crippen molar-refractivity contribution in [2.24, 2.45) is 5.92 Å². The van der Waals surface area contributed by atoms with Gasteiger partial charge in [0.1, 0.15) is 0 Å². The normalized spacial score (nSPS) is 13.6. The summed E-state index contributed by atoms with van der Waals surface area (Å²) < 4.78 is 0. The van der Waals surface area contributed by atoms with Crippen molar-refractivity contribution in [1.82, 2.24) is 0 Å². The monoisotopic (exact) mass is 242 g/mol. The molecule has 0 aliphatic rings. The Hall–Kier alpha value is -0.490. The third-order valence-corrected chi connectivity index (χ3v) is 2.88. The lowest BCUT2D eigenvalue weighted by Gasteiger charge is -2.13. The molecule has 0 heterocycles. The van der Waals surface area contributed by atoms with Crippen molar-refractivity contribution in [3.05, 3.63) is 0 Å². The Morgan fingerprint density at radius 2 is 1.79 bits per heavy atom. The lowest BCUT2D eigenvalue weighted by atomic mass is 10.1. The molecule has 4 N–H and O–H groups in total. The molecule has 0 saturated carbocycles. The molecule has 0 saturated heterocycles. The van der Waals surface area contributed by atoms with Crippen LogP contribution in [0.3, 0.4) is 0 Å². The highest BCUT2D eigenvalue weighted by molar-refractivity contribution is 8.09. The zero-order chi connectivity index (χ0) is 11.4. The average molecular weight is 242 g/mol. The van der Waals surface area contributed by atoms with Crippen molar-refractivity contribution in [2.45, 2.75) is 12.8 Å². The average Bonchev–Trinajstić information content (AvgIpc) is 1.94. The number of hydrogen-bond donors (Lipinski definition) is 4. The first-order valence-electron chi connectivity index (χ1n) is 3.71. The van der Waals surface area contributed by atoms with Crippen molar-refractivity contribution in [3.63, 3.8) is 0 Å². The van der Waals surface area contributed by atoms with Gasteiger partial charge in [0.05, 0.1) is 5.92 Å². The molecule has 0 aliphatic heterocycles. The maximum atomic E-state index is 10.5. The Labute approximate surface area is 85.4 Å². The Morgan fingerprint density at radius 3 is 2.07 bits per heavy atom. The topological polar surface area (TPSA) is 115 Å². The van der Waals surface area contributed by atoms with E-state index in [9.17, 15) is 9.59 Å². The SMILES string of the molecule is O=C(O)CCC(CP(O)(O)=S)C(=O)O. The third kappa shape index (κ3) is 6.97. The first-order valence-corrected chi connectivity index (χ1v) is 6.61. The van der Waals surface area contributed by atoms with Crippen LogP contribution in [0.2, 0.25) is 0 Å². The fourth-order valence-electron chi connectivity index (χ4n) is 0.878. The summed E-state index contributed by atoms with van der Waals surface area (Å²) in [4.78, 5) is 38.4. The molecule has 0 aromatic carbocycles. The quantitative estimate of drug-likeness (QED) is 0.478. The Balaban J connectivity index is 4.24. The Morgan fingerprint density at radius 1 is 1.29 bits per heavy atom. The second-order valence-corrected chi connectivity index (χ2v) is 6.26. The van der Waals surface area contributed by atoms with Crippen molar-refractivity contribution in [3.8, 4) is 0 Å². The van der Waals surface area contributed by atoms with E-state index in [1.165, 1.54) is 0 Å². The van der Waals surface area contributed by atoms with E-state index in [-0.39, 0.29) is 12.8 Å². The summed E-state index contributed by atoms with van der Waals surface area (Å²) in [6.45, 7) is -3.58. The molecule has 14 heavy (non-hydrogen) atoms. The number of carbonyl (C=O) groups is 2. The number of carboxylic acid groups (broad SMARTS) is 2. The van der Waals surface area contributed by atoms with Gasteiger partial charge in [0.25, 0.3) is 0 Å². The van der Waals surface area contributed by atoms with E-state index in [2.05, 4.69) is 11.8 Å². The van der Waals surface area contributed by atoms with Gasteiger partial charge in [0.15, 0.2) is 6.49 Å². The summed E-state index contributed by atoms with van der Waals surface area (Å²) in [5, 5.41) is 16.9. The van der Waals surface area contributed by atoms with Crippen molar-refractivity contribution >= 4 is 30.2 Å². The van der Waals surface area contributed by atoms with Gasteiger partial charge in [-0.3, -0.25) is 9.59 Å². The predicted octanol–water partition coefficient (Wildman–Crippen LogP) is -0.154. The maximum Gasteiger partial charge on any atom is 0.307 e. The van der Waals surface area contributed by atoms with Crippen LogP contribution < -0.4 is 0 Å². The molecule has 0 aromatic heterocycles. The Kier molecular flexibility index (Phi) is 5.22. The number of rotatable bonds is 6. The zero-order valence-corrected chi connectivity index (χ0v) is 8.87. The summed E-state index contributed by atoms with van der Waals surface area (Å²) in [5.41, 5.74) is 0. The van der Waals surface area contributed by atoms with Gasteiger partial charge in [-0.2, -0.15) is 0 Å². The van der Waals surface area contributed by atoms with Crippen LogP contribution in [0.15, 0.2) is 0 Å². The van der Waals surface area contributed by atoms with Gasteiger partial charge in [-0.25, -0.2) is 0 Å². The van der Waals surface area contributed by atoms with E-state index in [0.717, 1.165) is 0 Å². The lowest BCUT2D eigenvalue weighted by Crippen LogP contribution is -2.19. The van der Waals surface area contributed by atoms with Crippen LogP contribution in [0, 0.1) is 5.92 Å². The highest BCUT2D eigenvalue weighted by Gasteiger charge is 2.24. The minimum Gasteiger partial charge on any atom is -0.481 e. The van der Waals surface area contributed by atoms with Gasteiger partial charge in [-0.05, 0) is 18.2 Å². The van der Waals surface area contributed by atoms with Crippen LogP contribution in [0.5, 0.6) is 0 Å². The number of carboxylic acids is 2. The lowest BCUT2D eigenvalue weighted by molar-refractivity contribution is -0.142. The van der Waals surface area contributed by atoms with E-state index >= 15 is 0 Å². The molecule has 0 aliphatic carbocycles. The molecule has 0 amide bonds. The first kappa shape index (κ1) is 13.5. The third-order valence-electron chi connectivity index (χ3n) is 1.51. The molecule has 1 unspecified atom stereocenters. The summed E-state index contributed by atoms with van der Waals surface area (Å²) in [6, 6.07) is 0. The summed E-state index contributed by atoms with van der Waals surface area (Å²) in [5.74, 6) is -3.49. The predicted molar refractivity (Wildman–Crippen MR) is 51.6 cm³/mol. The van der Waals surface area contributed by atoms with Gasteiger partial charge in [0, 0.05) is 12.6 Å². The minimum absolute atomic E-state index is 0.149. The molecule has 0 aromatic rings. The smallest absolute Gasteiger partial charge is 0.307 e. The molecule has 0 bridgehead atoms. The number of aliphatic carboxylic acids is 2. The highest BCUT2D eigenvalue weighted by atomic mass is 32.5. The van der Waals surface area contributed by atoms with Gasteiger partial charge in [-0.1, -0.05) is 0 Å². The Bertz CT molecular complexity index is 271. The van der Waals surface area contributed by atoms with E-state index < -0.39 is 30.5 Å². The second kappa shape index (κ2) is 5.41. The molecule has 0 rings (SSSR count). The highest BCUT2D eigenvalue weighted by Crippen LogP contribution is 2.38. The molecule has 0 radical (unpaired) electrons. The van der Waals surface area contributed by atoms with E-state index in [1.807, 2.05) is 0 Å². The van der Waals surface area contributed by atoms with Gasteiger partial charge >= 0.3 is 11.9 Å². The second-order valence-electron chi connectivity index (χ2n) is 2.81. The van der Waals surface area contributed by atoms with E-state index in [0.29, 0.717) is 0 Å². The van der Waals surface area contributed by atoms with E-state index in [4.69, 9.17) is 20.0 Å². The van der Waals surface area contributed by atoms with Crippen molar-refractivity contribution in [1.29, 1.82) is 0 Å². The minimum atomic E-state index is -3.58. The van der Waals surface area contributed by atoms with Crippen molar-refractivity contribution in [2.75, 3.05) is 6.16 Å². The molecular weight excluding hydrogens is 231 g/mol. The maximum absolute atomic E-state index is 10.5. The molecule has 0 spiro atoms. The van der Waals surface area contributed by atoms with Crippen molar-refractivity contribution < 1.29 is 29.6 Å². The summed E-state index contributed by atoms with van der Waals surface area (Å²) in [7, 11) is 0. The molecule has 0 fully saturated rings. The fourth-order valence-corrected chi connectivity index (χ4v) is 2.33. The molecule has 82 valence electrons. The summed E-state index contributed by atoms with van der Waals surface area (Å²) >= 11 is 4.27. The molecule has 6 nitrogen and oxygen atoms in total. The molecular formula is C6H11O6PS. The van der Waals surface area contributed by atoms with Crippen LogP contribution in [-0.4, -0.2) is 38.1 Å². The van der Waals surface area contributed by atoms with Gasteiger partial charge in [0.2, 0.25) is 0 Å². The fraction of sp³-hybridized carbons (Fsp3) is 0.667. The molecule has 1 atom stereocenters. The van der Waals surface area contributed by atoms with Crippen LogP contribution in [0.4, 0.5) is 0 Å². The first-order chi connectivity index (χ1) is 6.22. The number of hydrogen-bond acceptors (Lipinski definition) is 3. The van der Waals surface area contributed by atoms with E-state index in [1.54, 1.807) is 0 Å². The summed E-state index contributed by atoms with van der Waals surface area (Å²) in [6.07, 6.45) is -0.929. The standard InChI is InChI=1S/C6H11O6PS/c7-5(8)2-1-4(6(9)10)3-13(11,12)14/h4H,1-3H2,(H,7,8)(H,9,10)(H2,11,12,14). The van der Waals surface area contributed by atoms with Crippen LogP contribution in [0.25, 0.3) is 0 Å². The van der Waals surface area contributed by atoms with Gasteiger partial charge < -0.3 is 20.0 Å². The van der Waals surface area contributed by atoms with Crippen LogP contribution >= 0.6 is 6.49 Å². The van der Waals surface area contributed by atoms with Gasteiger partial charge in [-0.15, -0.1) is 0 Å². The largest absolute Gasteiger partial charge is 0.481 e. The van der Waals surface area contributed by atoms with Crippen LogP contribution in [-0.2, 0) is 21.4 Å².